The number of furan rings is 2. The van der Waals surface area contributed by atoms with Crippen LogP contribution < -0.4 is 10.9 Å². The van der Waals surface area contributed by atoms with E-state index in [1.54, 1.807) is 73.3 Å². The van der Waals surface area contributed by atoms with Gasteiger partial charge in [0.05, 0.1) is 12.4 Å². The summed E-state index contributed by atoms with van der Waals surface area (Å²) in [7, 11) is 0. The molecule has 6 aromatic rings. The average molecular weight is 680 g/mol. The Morgan fingerprint density at radius 2 is 1.02 bits per heavy atom. The molecule has 0 saturated heterocycles. The highest BCUT2D eigenvalue weighted by atomic mass is 32.2. The van der Waals surface area contributed by atoms with Crippen molar-refractivity contribution >= 4 is 47.8 Å². The summed E-state index contributed by atoms with van der Waals surface area (Å²) in [6.07, 6.45) is 9.46. The van der Waals surface area contributed by atoms with E-state index in [9.17, 15) is 9.59 Å². The molecular weight excluding hydrogens is 647 g/mol. The standard InChI is InChI=1S/C17H13N3O2S.C16H12N4O2S.2CH4/c21-17(13-6-2-1-3-7-13)20-19-12-14-9-10-16(22-14)23-15-8-4-5-11-18-15;21-16(12-6-9-17-10-7-12)20-19-11-13-4-5-15(22-13)23-14-3-1-2-8-18-14;;/h1-12H,(H,20,21);1-11H,(H,20,21);2*1H4/b19-12+;19-11+;;. The van der Waals surface area contributed by atoms with Crippen molar-refractivity contribution in [3.05, 3.63) is 151 Å². The largest absolute Gasteiger partial charge is 0.448 e. The highest BCUT2D eigenvalue weighted by Crippen LogP contribution is 2.27. The van der Waals surface area contributed by atoms with Crippen molar-refractivity contribution in [1.29, 1.82) is 0 Å². The van der Waals surface area contributed by atoms with Gasteiger partial charge in [0.1, 0.15) is 21.6 Å². The quantitative estimate of drug-likeness (QED) is 0.109. The molecule has 0 spiro atoms. The van der Waals surface area contributed by atoms with Crippen LogP contribution in [0.5, 0.6) is 0 Å². The van der Waals surface area contributed by atoms with E-state index >= 15 is 0 Å². The molecule has 1 aromatic carbocycles. The summed E-state index contributed by atoms with van der Waals surface area (Å²) in [5.74, 6) is 0.519. The van der Waals surface area contributed by atoms with E-state index in [4.69, 9.17) is 8.83 Å². The molecule has 5 aromatic heterocycles. The Morgan fingerprint density at radius 1 is 0.562 bits per heavy atom. The van der Waals surface area contributed by atoms with Crippen LogP contribution in [0.3, 0.4) is 0 Å². The van der Waals surface area contributed by atoms with Crippen molar-refractivity contribution in [1.82, 2.24) is 25.8 Å². The van der Waals surface area contributed by atoms with E-state index in [1.165, 1.54) is 36.0 Å². The third kappa shape index (κ3) is 11.9. The smallest absolute Gasteiger partial charge is 0.271 e. The zero-order valence-corrected chi connectivity index (χ0v) is 25.6. The number of hydrazone groups is 2. The Labute approximate surface area is 287 Å². The molecule has 244 valence electrons. The third-order valence-electron chi connectivity index (χ3n) is 5.58. The van der Waals surface area contributed by atoms with Crippen LogP contribution in [0.4, 0.5) is 0 Å². The third-order valence-corrected chi connectivity index (χ3v) is 7.33. The van der Waals surface area contributed by atoms with E-state index in [2.05, 4.69) is 36.0 Å². The molecule has 0 aliphatic rings. The molecule has 0 aliphatic heterocycles. The van der Waals surface area contributed by atoms with E-state index < -0.39 is 0 Å². The van der Waals surface area contributed by atoms with Crippen LogP contribution in [0.1, 0.15) is 47.1 Å². The summed E-state index contributed by atoms with van der Waals surface area (Å²) in [6.45, 7) is 0. The topological polar surface area (TPSA) is 148 Å². The molecule has 0 unspecified atom stereocenters. The number of carbonyl (C=O) groups is 2. The lowest BCUT2D eigenvalue weighted by Crippen LogP contribution is -2.17. The first kappa shape index (κ1) is 36.7. The van der Waals surface area contributed by atoms with Crippen LogP contribution in [-0.2, 0) is 0 Å². The number of hydrogen-bond acceptors (Lipinski definition) is 11. The Bertz CT molecular complexity index is 1740. The van der Waals surface area contributed by atoms with E-state index in [0.717, 1.165) is 10.1 Å². The molecule has 5 heterocycles. The van der Waals surface area contributed by atoms with Gasteiger partial charge in [-0.05, 0) is 96.3 Å². The van der Waals surface area contributed by atoms with Gasteiger partial charge in [-0.15, -0.1) is 0 Å². The van der Waals surface area contributed by atoms with Gasteiger partial charge in [0.2, 0.25) is 0 Å². The Hall–Kier alpha value is -5.79. The Kier molecular flexibility index (Phi) is 15.0. The number of hydrogen-bond donors (Lipinski definition) is 2. The average Bonchev–Trinajstić information content (AvgIpc) is 3.75. The van der Waals surface area contributed by atoms with E-state index in [0.29, 0.717) is 32.8 Å². The maximum Gasteiger partial charge on any atom is 0.271 e. The van der Waals surface area contributed by atoms with Crippen molar-refractivity contribution in [3.8, 4) is 0 Å². The molecule has 48 heavy (non-hydrogen) atoms. The molecule has 0 atom stereocenters. The molecule has 6 rings (SSSR count). The first-order chi connectivity index (χ1) is 22.6. The number of rotatable bonds is 10. The number of pyridine rings is 3. The number of carbonyl (C=O) groups excluding carboxylic acids is 2. The van der Waals surface area contributed by atoms with Gasteiger partial charge in [-0.3, -0.25) is 14.6 Å². The molecule has 0 saturated carbocycles. The summed E-state index contributed by atoms with van der Waals surface area (Å²) < 4.78 is 11.2. The molecule has 0 aliphatic carbocycles. The number of amides is 2. The van der Waals surface area contributed by atoms with E-state index in [1.807, 2.05) is 54.6 Å². The maximum absolute atomic E-state index is 11.8. The van der Waals surface area contributed by atoms with Gasteiger partial charge in [0.15, 0.2) is 10.2 Å². The van der Waals surface area contributed by atoms with Crippen molar-refractivity contribution in [2.75, 3.05) is 0 Å². The second kappa shape index (κ2) is 19.7. The number of nitrogens with one attached hydrogen (secondary N) is 2. The van der Waals surface area contributed by atoms with Crippen LogP contribution >= 0.6 is 23.5 Å². The van der Waals surface area contributed by atoms with Gasteiger partial charge in [0, 0.05) is 35.9 Å². The lowest BCUT2D eigenvalue weighted by atomic mass is 10.2. The van der Waals surface area contributed by atoms with Crippen molar-refractivity contribution in [2.45, 2.75) is 35.1 Å². The van der Waals surface area contributed by atoms with Gasteiger partial charge < -0.3 is 8.83 Å². The van der Waals surface area contributed by atoms with Crippen molar-refractivity contribution in [3.63, 3.8) is 0 Å². The zero-order chi connectivity index (χ0) is 31.8. The molecule has 13 heteroatoms. The molecular formula is C35H33N7O4S2. The van der Waals surface area contributed by atoms with Crippen LogP contribution in [-0.4, -0.2) is 39.2 Å². The highest BCUT2D eigenvalue weighted by molar-refractivity contribution is 7.99. The first-order valence-corrected chi connectivity index (χ1v) is 15.2. The maximum atomic E-state index is 11.8. The lowest BCUT2D eigenvalue weighted by molar-refractivity contribution is 0.0947. The number of aromatic nitrogens is 3. The van der Waals surface area contributed by atoms with E-state index in [-0.39, 0.29) is 26.7 Å². The zero-order valence-electron chi connectivity index (χ0n) is 24.0. The van der Waals surface area contributed by atoms with Gasteiger partial charge in [-0.2, -0.15) is 10.2 Å². The van der Waals surface area contributed by atoms with Gasteiger partial charge in [-0.25, -0.2) is 20.8 Å². The molecule has 0 fully saturated rings. The molecule has 2 amide bonds. The molecule has 0 radical (unpaired) electrons. The fraction of sp³-hybridized carbons (Fsp3) is 0.0571. The summed E-state index contributed by atoms with van der Waals surface area (Å²) >= 11 is 2.83. The monoisotopic (exact) mass is 679 g/mol. The second-order valence-electron chi connectivity index (χ2n) is 8.85. The van der Waals surface area contributed by atoms with Gasteiger partial charge >= 0.3 is 0 Å². The number of nitrogens with zero attached hydrogens (tertiary/aromatic N) is 5. The summed E-state index contributed by atoms with van der Waals surface area (Å²) in [4.78, 5) is 35.9. The van der Waals surface area contributed by atoms with Crippen LogP contribution in [0, 0.1) is 0 Å². The molecule has 0 bridgehead atoms. The normalized spacial score (nSPS) is 10.3. The van der Waals surface area contributed by atoms with Gasteiger partial charge in [-0.1, -0.05) is 45.2 Å². The molecule has 11 nitrogen and oxygen atoms in total. The highest BCUT2D eigenvalue weighted by Gasteiger charge is 2.06. The lowest BCUT2D eigenvalue weighted by Gasteiger charge is -1.98. The SMILES string of the molecule is C.C.O=C(N/N=C/c1ccc(Sc2ccccn2)o1)c1ccccc1.O=C(N/N=C/c1ccc(Sc2ccccn2)o1)c1ccncc1. The Balaban J connectivity index is 0.000000250. The summed E-state index contributed by atoms with van der Waals surface area (Å²) in [5.41, 5.74) is 5.93. The number of benzene rings is 1. The van der Waals surface area contributed by atoms with Crippen LogP contribution in [0.25, 0.3) is 0 Å². The fourth-order valence-corrected chi connectivity index (χ4v) is 4.95. The predicted octanol–water partition coefficient (Wildman–Crippen LogP) is 7.85. The predicted molar refractivity (Wildman–Crippen MR) is 188 cm³/mol. The summed E-state index contributed by atoms with van der Waals surface area (Å²) in [6, 6.07) is 30.7. The van der Waals surface area contributed by atoms with Crippen molar-refractivity contribution < 1.29 is 18.4 Å². The second-order valence-corrected chi connectivity index (χ2v) is 10.9. The minimum Gasteiger partial charge on any atom is -0.448 e. The minimum absolute atomic E-state index is 0. The minimum atomic E-state index is -0.307. The van der Waals surface area contributed by atoms with Gasteiger partial charge in [0.25, 0.3) is 11.8 Å². The first-order valence-electron chi connectivity index (χ1n) is 13.6. The Morgan fingerprint density at radius 3 is 1.48 bits per heavy atom. The van der Waals surface area contributed by atoms with Crippen LogP contribution in [0.15, 0.2) is 167 Å². The fourth-order valence-electron chi connectivity index (χ4n) is 3.47. The van der Waals surface area contributed by atoms with Crippen molar-refractivity contribution in [2.24, 2.45) is 10.2 Å². The molecule has 2 N–H and O–H groups in total. The van der Waals surface area contributed by atoms with Crippen LogP contribution in [0.2, 0.25) is 0 Å². The summed E-state index contributed by atoms with van der Waals surface area (Å²) in [5, 5.41) is 10.9.